The van der Waals surface area contributed by atoms with Gasteiger partial charge in [0.15, 0.2) is 17.1 Å². The van der Waals surface area contributed by atoms with Crippen molar-refractivity contribution < 1.29 is 44.0 Å². The van der Waals surface area contributed by atoms with E-state index in [4.69, 9.17) is 5.73 Å². The third kappa shape index (κ3) is 3.87. The van der Waals surface area contributed by atoms with Crippen LogP contribution in [0.3, 0.4) is 0 Å². The van der Waals surface area contributed by atoms with E-state index >= 15 is 4.39 Å². The number of carbonyl (C=O) groups excluding carboxylic acids is 4. The predicted molar refractivity (Wildman–Crippen MR) is 125 cm³/mol. The predicted octanol–water partition coefficient (Wildman–Crippen LogP) is 0.658. The number of aliphatic hydroxyl groups excluding tert-OH is 2. The molecule has 8 N–H and O–H groups in total. The zero-order valence-electron chi connectivity index (χ0n) is 19.6. The smallest absolute Gasteiger partial charge is 0.255 e. The van der Waals surface area contributed by atoms with E-state index in [-0.39, 0.29) is 37.1 Å². The first-order chi connectivity index (χ1) is 17.4. The third-order valence-electron chi connectivity index (χ3n) is 7.70. The van der Waals surface area contributed by atoms with Crippen molar-refractivity contribution >= 4 is 29.1 Å². The summed E-state index contributed by atoms with van der Waals surface area (Å²) in [5.74, 6) is -8.91. The van der Waals surface area contributed by atoms with Crippen molar-refractivity contribution in [2.24, 2.45) is 23.5 Å². The Morgan fingerprint density at radius 2 is 1.86 bits per heavy atom. The number of amides is 2. The number of halogens is 1. The van der Waals surface area contributed by atoms with Crippen molar-refractivity contribution in [2.75, 3.05) is 18.4 Å². The van der Waals surface area contributed by atoms with Gasteiger partial charge in [-0.2, -0.15) is 0 Å². The van der Waals surface area contributed by atoms with Crippen LogP contribution in [0.25, 0.3) is 0 Å². The van der Waals surface area contributed by atoms with Crippen LogP contribution >= 0.6 is 0 Å². The summed E-state index contributed by atoms with van der Waals surface area (Å²) in [6, 6.07) is 0.909. The van der Waals surface area contributed by atoms with Gasteiger partial charge in [-0.15, -0.1) is 0 Å². The summed E-state index contributed by atoms with van der Waals surface area (Å²) in [7, 11) is 0. The molecule has 2 amide bonds. The molecule has 11 nitrogen and oxygen atoms in total. The number of primary amides is 1. The highest BCUT2D eigenvalue weighted by atomic mass is 19.1. The first kappa shape index (κ1) is 24.9. The van der Waals surface area contributed by atoms with Crippen LogP contribution in [-0.4, -0.2) is 62.5 Å². The minimum absolute atomic E-state index is 0.0876. The Labute approximate surface area is 209 Å². The number of nitrogens with one attached hydrogen (secondary N) is 2. The largest absolute Gasteiger partial charge is 0.511 e. The number of hydrogen-bond acceptors (Lipinski definition) is 9. The van der Waals surface area contributed by atoms with Crippen LogP contribution in [-0.2, 0) is 20.8 Å². The standard InChI is InChI=1S/C25H26FN3O8/c26-13-6-14(29-16(31)8-28-7-9-1-2-9)20(32)18-12(13)4-10-3-11-5-15(30)19(24(27)36)23(35)25(11,37)22(34)17(10)21(18)33/h6,9-11,28,30,32,34,37H,1-5,7-8H2,(H2,27,36)(H,29,31)/t10?,11-,25-/m0/s1. The molecule has 0 saturated heterocycles. The topological polar surface area (TPSA) is 199 Å². The van der Waals surface area contributed by atoms with Crippen LogP contribution in [0.2, 0.25) is 0 Å². The molecule has 1 fully saturated rings. The number of benzene rings is 1. The fourth-order valence-corrected chi connectivity index (χ4v) is 5.64. The average molecular weight is 515 g/mol. The van der Waals surface area contributed by atoms with Gasteiger partial charge in [0.05, 0.1) is 17.8 Å². The molecule has 0 radical (unpaired) electrons. The van der Waals surface area contributed by atoms with Gasteiger partial charge in [0.25, 0.3) is 5.91 Å². The molecule has 5 rings (SSSR count). The van der Waals surface area contributed by atoms with Crippen LogP contribution in [0.4, 0.5) is 10.1 Å². The van der Waals surface area contributed by atoms with Gasteiger partial charge in [-0.3, -0.25) is 19.2 Å². The maximum atomic E-state index is 15.1. The summed E-state index contributed by atoms with van der Waals surface area (Å²) in [4.78, 5) is 50.4. The number of phenols is 1. The van der Waals surface area contributed by atoms with E-state index in [1.54, 1.807) is 0 Å². The highest BCUT2D eigenvalue weighted by Gasteiger charge is 2.59. The lowest BCUT2D eigenvalue weighted by atomic mass is 9.60. The summed E-state index contributed by atoms with van der Waals surface area (Å²) >= 11 is 0. The molecule has 1 saturated carbocycles. The molecule has 3 atom stereocenters. The van der Waals surface area contributed by atoms with Crippen molar-refractivity contribution in [3.63, 3.8) is 0 Å². The van der Waals surface area contributed by atoms with E-state index < -0.39 is 80.6 Å². The zero-order valence-corrected chi connectivity index (χ0v) is 19.6. The molecule has 12 heteroatoms. The van der Waals surface area contributed by atoms with Crippen molar-refractivity contribution in [3.05, 3.63) is 45.7 Å². The molecule has 0 heterocycles. The molecule has 0 bridgehead atoms. The quantitative estimate of drug-likeness (QED) is 0.210. The summed E-state index contributed by atoms with van der Waals surface area (Å²) < 4.78 is 15.1. The third-order valence-corrected chi connectivity index (χ3v) is 7.70. The van der Waals surface area contributed by atoms with Crippen molar-refractivity contribution in [2.45, 2.75) is 37.7 Å². The second-order valence-corrected chi connectivity index (χ2v) is 10.1. The number of allylic oxidation sites excluding steroid dienone is 2. The Hall–Kier alpha value is -3.77. The Kier molecular flexibility index (Phi) is 5.83. The number of aromatic hydroxyl groups is 1. The minimum atomic E-state index is -2.71. The van der Waals surface area contributed by atoms with E-state index in [1.807, 2.05) is 0 Å². The van der Waals surface area contributed by atoms with E-state index in [0.29, 0.717) is 12.5 Å². The second kappa shape index (κ2) is 8.67. The molecule has 196 valence electrons. The highest BCUT2D eigenvalue weighted by Crippen LogP contribution is 2.52. The van der Waals surface area contributed by atoms with E-state index in [2.05, 4.69) is 10.6 Å². The summed E-state index contributed by atoms with van der Waals surface area (Å²) in [6.45, 7) is 0.564. The number of rotatable bonds is 6. The number of aliphatic hydroxyl groups is 3. The van der Waals surface area contributed by atoms with Gasteiger partial charge in [-0.1, -0.05) is 0 Å². The minimum Gasteiger partial charge on any atom is -0.511 e. The molecule has 0 aliphatic heterocycles. The van der Waals surface area contributed by atoms with E-state index in [1.165, 1.54) is 0 Å². The lowest BCUT2D eigenvalue weighted by Crippen LogP contribution is -2.57. The van der Waals surface area contributed by atoms with Gasteiger partial charge in [0, 0.05) is 29.5 Å². The Balaban J connectivity index is 1.50. The van der Waals surface area contributed by atoms with Gasteiger partial charge in [0.1, 0.15) is 22.9 Å². The van der Waals surface area contributed by atoms with E-state index in [9.17, 15) is 39.6 Å². The molecule has 0 aromatic heterocycles. The molecular weight excluding hydrogens is 489 g/mol. The summed E-state index contributed by atoms with van der Waals surface area (Å²) in [5.41, 5.74) is 0.201. The van der Waals surface area contributed by atoms with Crippen LogP contribution in [0, 0.1) is 23.6 Å². The van der Waals surface area contributed by atoms with Crippen LogP contribution in [0.1, 0.15) is 41.6 Å². The van der Waals surface area contributed by atoms with Crippen molar-refractivity contribution in [1.29, 1.82) is 0 Å². The van der Waals surface area contributed by atoms with Gasteiger partial charge in [0.2, 0.25) is 11.7 Å². The number of hydrogen-bond donors (Lipinski definition) is 7. The molecule has 1 aromatic rings. The van der Waals surface area contributed by atoms with Gasteiger partial charge in [-0.05, 0) is 44.1 Å². The van der Waals surface area contributed by atoms with Crippen molar-refractivity contribution in [3.8, 4) is 5.75 Å². The number of phenolic OH excluding ortho intramolecular Hbond substituents is 1. The first-order valence-corrected chi connectivity index (χ1v) is 12.0. The molecule has 1 unspecified atom stereocenters. The zero-order chi connectivity index (χ0) is 26.8. The molecule has 37 heavy (non-hydrogen) atoms. The summed E-state index contributed by atoms with van der Waals surface area (Å²) in [5, 5.41) is 48.6. The fourth-order valence-electron chi connectivity index (χ4n) is 5.64. The maximum Gasteiger partial charge on any atom is 0.255 e. The van der Waals surface area contributed by atoms with Gasteiger partial charge >= 0.3 is 0 Å². The Bertz CT molecular complexity index is 1330. The summed E-state index contributed by atoms with van der Waals surface area (Å²) in [6.07, 6.45) is 1.53. The van der Waals surface area contributed by atoms with Crippen LogP contribution < -0.4 is 16.4 Å². The van der Waals surface area contributed by atoms with Gasteiger partial charge < -0.3 is 36.8 Å². The van der Waals surface area contributed by atoms with Crippen LogP contribution in [0.5, 0.6) is 5.75 Å². The lowest BCUT2D eigenvalue weighted by Gasteiger charge is -2.45. The molecular formula is C25H26FN3O8. The maximum absolute atomic E-state index is 15.1. The van der Waals surface area contributed by atoms with E-state index in [0.717, 1.165) is 18.9 Å². The number of ketones is 2. The first-order valence-electron chi connectivity index (χ1n) is 12.0. The highest BCUT2D eigenvalue weighted by molar-refractivity contribution is 6.24. The molecule has 0 spiro atoms. The number of fused-ring (bicyclic) bond motifs is 3. The Morgan fingerprint density at radius 1 is 1.16 bits per heavy atom. The van der Waals surface area contributed by atoms with Gasteiger partial charge in [-0.25, -0.2) is 4.39 Å². The Morgan fingerprint density at radius 3 is 2.51 bits per heavy atom. The number of anilines is 1. The van der Waals surface area contributed by atoms with Crippen molar-refractivity contribution in [1.82, 2.24) is 5.32 Å². The second-order valence-electron chi connectivity index (χ2n) is 10.1. The average Bonchev–Trinajstić information content (AvgIpc) is 3.63. The number of carbonyl (C=O) groups is 4. The molecule has 4 aliphatic rings. The SMILES string of the molecule is NC(=O)C1=C(O)C[C@@H]2CC3Cc4c(F)cc(NC(=O)CNCC5CC5)c(O)c4C(=O)C3=C(O)[C@]2(O)C1=O. The fraction of sp³-hybridized carbons (Fsp3) is 0.440. The number of nitrogens with two attached hydrogens (primary N) is 1. The van der Waals surface area contributed by atoms with Crippen LogP contribution in [0.15, 0.2) is 28.7 Å². The normalized spacial score (nSPS) is 27.0. The number of Topliss-reactive ketones (excluding diaryl/α,β-unsaturated/α-hetero) is 2. The molecule has 4 aliphatic carbocycles. The molecule has 1 aromatic carbocycles. The lowest BCUT2D eigenvalue weighted by molar-refractivity contribution is -0.144. The monoisotopic (exact) mass is 515 g/mol.